The molecular formula is C31H28N4O3. The van der Waals surface area contributed by atoms with Crippen molar-refractivity contribution in [2.24, 2.45) is 0 Å². The molecule has 0 aliphatic carbocycles. The number of hydrogen-bond donors (Lipinski definition) is 0. The number of hydrogen-bond acceptors (Lipinski definition) is 5. The van der Waals surface area contributed by atoms with Crippen LogP contribution in [0.4, 0.5) is 0 Å². The van der Waals surface area contributed by atoms with Gasteiger partial charge in [-0.3, -0.25) is 9.59 Å². The van der Waals surface area contributed by atoms with E-state index in [1.54, 1.807) is 17.0 Å². The SMILES string of the molecule is CC(C)N1CCn2c(Cc3ccccc3-c3ccc(C#N)cc3)nc(=O)c(OCc3ccccc3)c2C1=O. The highest BCUT2D eigenvalue weighted by atomic mass is 16.5. The Bertz CT molecular complexity index is 1570. The second kappa shape index (κ2) is 10.7. The summed E-state index contributed by atoms with van der Waals surface area (Å²) in [6, 6.07) is 27.0. The van der Waals surface area contributed by atoms with E-state index < -0.39 is 5.56 Å². The number of carbonyl (C=O) groups excluding carboxylic acids is 1. The topological polar surface area (TPSA) is 88.2 Å². The molecule has 1 aliphatic rings. The van der Waals surface area contributed by atoms with Gasteiger partial charge < -0.3 is 14.2 Å². The van der Waals surface area contributed by atoms with Gasteiger partial charge in [0.05, 0.1) is 11.6 Å². The van der Waals surface area contributed by atoms with Crippen LogP contribution >= 0.6 is 0 Å². The lowest BCUT2D eigenvalue weighted by molar-refractivity contribution is 0.0634. The first-order valence-corrected chi connectivity index (χ1v) is 12.7. The van der Waals surface area contributed by atoms with Crippen molar-refractivity contribution in [3.05, 3.63) is 117 Å². The lowest BCUT2D eigenvalue weighted by atomic mass is 9.96. The largest absolute Gasteiger partial charge is 0.481 e. The molecule has 0 fully saturated rings. The Morgan fingerprint density at radius 3 is 2.37 bits per heavy atom. The third-order valence-corrected chi connectivity index (χ3v) is 6.79. The molecule has 7 heteroatoms. The standard InChI is InChI=1S/C31H28N4O3/c1-21(2)34-16-17-35-27(18-25-10-6-7-11-26(25)24-14-12-22(19-32)13-15-24)33-30(36)29(28(35)31(34)37)38-20-23-8-4-3-5-9-23/h3-15,21H,16-18,20H2,1-2H3. The minimum atomic E-state index is -0.544. The van der Waals surface area contributed by atoms with Crippen LogP contribution in [0.25, 0.3) is 11.1 Å². The summed E-state index contributed by atoms with van der Waals surface area (Å²) < 4.78 is 7.82. The van der Waals surface area contributed by atoms with Gasteiger partial charge in [-0.1, -0.05) is 66.7 Å². The van der Waals surface area contributed by atoms with Gasteiger partial charge in [0.2, 0.25) is 5.75 Å². The summed E-state index contributed by atoms with van der Waals surface area (Å²) in [5.74, 6) is 0.290. The molecule has 0 saturated carbocycles. The van der Waals surface area contributed by atoms with Crippen LogP contribution in [0, 0.1) is 11.3 Å². The second-order valence-electron chi connectivity index (χ2n) is 9.55. The molecule has 0 radical (unpaired) electrons. The van der Waals surface area contributed by atoms with Gasteiger partial charge in [0.1, 0.15) is 12.4 Å². The number of nitrogens with zero attached hydrogens (tertiary/aromatic N) is 4. The minimum absolute atomic E-state index is 0.00618. The molecule has 2 heterocycles. The minimum Gasteiger partial charge on any atom is -0.481 e. The first-order valence-electron chi connectivity index (χ1n) is 12.7. The van der Waals surface area contributed by atoms with E-state index >= 15 is 0 Å². The molecule has 5 rings (SSSR count). The van der Waals surface area contributed by atoms with Gasteiger partial charge in [-0.05, 0) is 48.2 Å². The van der Waals surface area contributed by atoms with E-state index in [1.807, 2.05) is 85.1 Å². The van der Waals surface area contributed by atoms with E-state index in [0.717, 1.165) is 22.3 Å². The predicted octanol–water partition coefficient (Wildman–Crippen LogP) is 4.82. The molecule has 1 aliphatic heterocycles. The molecule has 1 amide bonds. The van der Waals surface area contributed by atoms with Crippen LogP contribution in [0.1, 0.15) is 46.9 Å². The van der Waals surface area contributed by atoms with E-state index in [-0.39, 0.29) is 30.0 Å². The number of rotatable bonds is 7. The Balaban J connectivity index is 1.56. The van der Waals surface area contributed by atoms with E-state index in [2.05, 4.69) is 11.1 Å². The highest BCUT2D eigenvalue weighted by Gasteiger charge is 2.33. The van der Waals surface area contributed by atoms with Crippen molar-refractivity contribution in [1.82, 2.24) is 14.5 Å². The third-order valence-electron chi connectivity index (χ3n) is 6.79. The monoisotopic (exact) mass is 504 g/mol. The molecule has 0 N–H and O–H groups in total. The molecule has 1 aromatic heterocycles. The van der Waals surface area contributed by atoms with Crippen LogP contribution in [0.5, 0.6) is 5.75 Å². The highest BCUT2D eigenvalue weighted by molar-refractivity contribution is 5.96. The quantitative estimate of drug-likeness (QED) is 0.360. The van der Waals surface area contributed by atoms with Gasteiger partial charge in [0, 0.05) is 25.6 Å². The van der Waals surface area contributed by atoms with Gasteiger partial charge >= 0.3 is 5.56 Å². The Labute approximate surface area is 221 Å². The fourth-order valence-electron chi connectivity index (χ4n) is 4.82. The summed E-state index contributed by atoms with van der Waals surface area (Å²) in [5.41, 5.74) is 4.11. The molecule has 0 saturated heterocycles. The summed E-state index contributed by atoms with van der Waals surface area (Å²) in [5, 5.41) is 9.15. The number of aromatic nitrogens is 2. The Morgan fingerprint density at radius 1 is 0.947 bits per heavy atom. The number of fused-ring (bicyclic) bond motifs is 1. The zero-order valence-corrected chi connectivity index (χ0v) is 21.4. The third kappa shape index (κ3) is 4.94. The molecule has 0 unspecified atom stereocenters. The van der Waals surface area contributed by atoms with E-state index in [0.29, 0.717) is 30.9 Å². The average Bonchev–Trinajstić information content (AvgIpc) is 2.94. The molecule has 3 aromatic carbocycles. The Morgan fingerprint density at radius 2 is 1.66 bits per heavy atom. The Hall–Kier alpha value is -4.70. The normalized spacial score (nSPS) is 12.8. The predicted molar refractivity (Wildman–Crippen MR) is 145 cm³/mol. The molecule has 38 heavy (non-hydrogen) atoms. The maximum Gasteiger partial charge on any atom is 0.316 e. The van der Waals surface area contributed by atoms with Gasteiger partial charge in [-0.15, -0.1) is 0 Å². The van der Waals surface area contributed by atoms with E-state index in [9.17, 15) is 9.59 Å². The maximum absolute atomic E-state index is 13.6. The highest BCUT2D eigenvalue weighted by Crippen LogP contribution is 2.28. The van der Waals surface area contributed by atoms with Gasteiger partial charge in [0.25, 0.3) is 5.91 Å². The molecular weight excluding hydrogens is 476 g/mol. The van der Waals surface area contributed by atoms with Crippen LogP contribution < -0.4 is 10.3 Å². The lowest BCUT2D eigenvalue weighted by Crippen LogP contribution is -2.46. The summed E-state index contributed by atoms with van der Waals surface area (Å²) in [6.45, 7) is 5.14. The van der Waals surface area contributed by atoms with Crippen molar-refractivity contribution in [2.75, 3.05) is 6.54 Å². The summed E-state index contributed by atoms with van der Waals surface area (Å²) in [7, 11) is 0. The average molecular weight is 505 g/mol. The molecule has 0 bridgehead atoms. The second-order valence-corrected chi connectivity index (χ2v) is 9.55. The van der Waals surface area contributed by atoms with Crippen LogP contribution in [-0.4, -0.2) is 32.9 Å². The number of nitriles is 1. The maximum atomic E-state index is 13.6. The van der Waals surface area contributed by atoms with Gasteiger partial charge in [0.15, 0.2) is 5.69 Å². The van der Waals surface area contributed by atoms with Gasteiger partial charge in [-0.25, -0.2) is 0 Å². The first kappa shape index (κ1) is 25.0. The van der Waals surface area contributed by atoms with E-state index in [4.69, 9.17) is 10.00 Å². The molecule has 190 valence electrons. The lowest BCUT2D eigenvalue weighted by Gasteiger charge is -2.34. The van der Waals surface area contributed by atoms with Gasteiger partial charge in [-0.2, -0.15) is 10.2 Å². The summed E-state index contributed by atoms with van der Waals surface area (Å²) in [4.78, 5) is 33.1. The zero-order valence-electron chi connectivity index (χ0n) is 21.4. The van der Waals surface area contributed by atoms with Crippen LogP contribution in [0.3, 0.4) is 0 Å². The van der Waals surface area contributed by atoms with Crippen molar-refractivity contribution in [2.45, 2.75) is 39.5 Å². The number of benzene rings is 3. The van der Waals surface area contributed by atoms with Crippen LogP contribution in [0.15, 0.2) is 83.7 Å². The first-order chi connectivity index (χ1) is 18.5. The van der Waals surface area contributed by atoms with Crippen molar-refractivity contribution in [3.63, 3.8) is 0 Å². The van der Waals surface area contributed by atoms with Crippen molar-refractivity contribution in [3.8, 4) is 22.9 Å². The number of amides is 1. The van der Waals surface area contributed by atoms with Crippen LogP contribution in [0.2, 0.25) is 0 Å². The van der Waals surface area contributed by atoms with E-state index in [1.165, 1.54) is 0 Å². The van der Waals surface area contributed by atoms with Crippen molar-refractivity contribution >= 4 is 5.91 Å². The number of carbonyl (C=O) groups is 1. The molecule has 4 aromatic rings. The fraction of sp³-hybridized carbons (Fsp3) is 0.226. The molecule has 7 nitrogen and oxygen atoms in total. The van der Waals surface area contributed by atoms with Crippen LogP contribution in [-0.2, 0) is 19.6 Å². The number of ether oxygens (including phenoxy) is 1. The zero-order chi connectivity index (χ0) is 26.6. The smallest absolute Gasteiger partial charge is 0.316 e. The fourth-order valence-corrected chi connectivity index (χ4v) is 4.82. The summed E-state index contributed by atoms with van der Waals surface area (Å²) >= 11 is 0. The molecule has 0 atom stereocenters. The summed E-state index contributed by atoms with van der Waals surface area (Å²) in [6.07, 6.45) is 0.367. The van der Waals surface area contributed by atoms with Crippen molar-refractivity contribution in [1.29, 1.82) is 5.26 Å². The Kier molecular flexibility index (Phi) is 7.05. The molecule has 0 spiro atoms. The van der Waals surface area contributed by atoms with Crippen molar-refractivity contribution < 1.29 is 9.53 Å².